The van der Waals surface area contributed by atoms with Crippen molar-refractivity contribution in [1.82, 2.24) is 15.1 Å². The van der Waals surface area contributed by atoms with Gasteiger partial charge < -0.3 is 19.7 Å². The van der Waals surface area contributed by atoms with Crippen LogP contribution in [0, 0.1) is 5.82 Å². The molecule has 24 heavy (non-hydrogen) atoms. The Morgan fingerprint density at radius 3 is 2.67 bits per heavy atom. The van der Waals surface area contributed by atoms with Crippen LogP contribution in [0.5, 0.6) is 5.75 Å². The van der Waals surface area contributed by atoms with Gasteiger partial charge in [-0.25, -0.2) is 4.39 Å². The van der Waals surface area contributed by atoms with Gasteiger partial charge in [0.05, 0.1) is 20.3 Å². The smallest absolute Gasteiger partial charge is 0.236 e. The first-order valence-electron chi connectivity index (χ1n) is 8.16. The number of nitrogens with one attached hydrogen (secondary N) is 1. The second-order valence-electron chi connectivity index (χ2n) is 5.78. The summed E-state index contributed by atoms with van der Waals surface area (Å²) in [5.41, 5.74) is 0.832. The SMILES string of the molecule is COCCNCC(=O)N1CCN(Cc2cc(F)ccc2OC)CC1. The lowest BCUT2D eigenvalue weighted by Crippen LogP contribution is -2.50. The van der Waals surface area contributed by atoms with Gasteiger partial charge in [-0.15, -0.1) is 0 Å². The van der Waals surface area contributed by atoms with Gasteiger partial charge in [0.1, 0.15) is 11.6 Å². The van der Waals surface area contributed by atoms with E-state index in [4.69, 9.17) is 9.47 Å². The number of hydrogen-bond acceptors (Lipinski definition) is 5. The third-order valence-electron chi connectivity index (χ3n) is 4.12. The molecule has 0 unspecified atom stereocenters. The zero-order valence-corrected chi connectivity index (χ0v) is 14.4. The largest absolute Gasteiger partial charge is 0.496 e. The molecule has 1 aliphatic rings. The molecule has 0 atom stereocenters. The number of carbonyl (C=O) groups excluding carboxylic acids is 1. The van der Waals surface area contributed by atoms with Crippen molar-refractivity contribution in [3.8, 4) is 5.75 Å². The van der Waals surface area contributed by atoms with Crippen LogP contribution in [-0.2, 0) is 16.1 Å². The van der Waals surface area contributed by atoms with Gasteiger partial charge >= 0.3 is 0 Å². The molecule has 1 heterocycles. The fraction of sp³-hybridized carbons (Fsp3) is 0.588. The molecule has 0 spiro atoms. The lowest BCUT2D eigenvalue weighted by Gasteiger charge is -2.35. The van der Waals surface area contributed by atoms with E-state index in [0.717, 1.165) is 18.7 Å². The van der Waals surface area contributed by atoms with Gasteiger partial charge in [-0.05, 0) is 18.2 Å². The number of ether oxygens (including phenoxy) is 2. The van der Waals surface area contributed by atoms with Gasteiger partial charge in [-0.1, -0.05) is 0 Å². The fourth-order valence-electron chi connectivity index (χ4n) is 2.75. The normalized spacial score (nSPS) is 15.5. The molecule has 1 aliphatic heterocycles. The van der Waals surface area contributed by atoms with Crippen molar-refractivity contribution in [3.63, 3.8) is 0 Å². The van der Waals surface area contributed by atoms with Crippen LogP contribution in [0.15, 0.2) is 18.2 Å². The fourth-order valence-corrected chi connectivity index (χ4v) is 2.75. The molecule has 0 radical (unpaired) electrons. The number of halogens is 1. The molecule has 0 aromatic heterocycles. The second-order valence-corrected chi connectivity index (χ2v) is 5.78. The number of nitrogens with zero attached hydrogens (tertiary/aromatic N) is 2. The summed E-state index contributed by atoms with van der Waals surface area (Å²) in [7, 11) is 3.22. The van der Waals surface area contributed by atoms with E-state index in [1.165, 1.54) is 12.1 Å². The van der Waals surface area contributed by atoms with Crippen LogP contribution in [0.2, 0.25) is 0 Å². The first-order valence-corrected chi connectivity index (χ1v) is 8.16. The Kier molecular flexibility index (Phi) is 7.42. The van der Waals surface area contributed by atoms with Crippen LogP contribution in [0.3, 0.4) is 0 Å². The molecular weight excluding hydrogens is 313 g/mol. The summed E-state index contributed by atoms with van der Waals surface area (Å²) in [6.45, 7) is 5.12. The molecular formula is C17H26FN3O3. The van der Waals surface area contributed by atoms with Gasteiger partial charge in [0, 0.05) is 51.9 Å². The lowest BCUT2D eigenvalue weighted by atomic mass is 10.1. The molecule has 0 saturated carbocycles. The predicted octanol–water partition coefficient (Wildman–Crippen LogP) is 0.715. The Morgan fingerprint density at radius 1 is 1.25 bits per heavy atom. The number of amides is 1. The van der Waals surface area contributed by atoms with E-state index in [9.17, 15) is 9.18 Å². The van der Waals surface area contributed by atoms with Gasteiger partial charge in [-0.3, -0.25) is 9.69 Å². The minimum Gasteiger partial charge on any atom is -0.496 e. The summed E-state index contributed by atoms with van der Waals surface area (Å²) in [5.74, 6) is 0.535. The minimum absolute atomic E-state index is 0.106. The number of rotatable bonds is 8. The van der Waals surface area contributed by atoms with Crippen molar-refractivity contribution in [2.75, 3.05) is 60.1 Å². The lowest BCUT2D eigenvalue weighted by molar-refractivity contribution is -0.132. The molecule has 7 heteroatoms. The molecule has 6 nitrogen and oxygen atoms in total. The summed E-state index contributed by atoms with van der Waals surface area (Å²) < 4.78 is 23.7. The number of hydrogen-bond donors (Lipinski definition) is 1. The third kappa shape index (κ3) is 5.43. The molecule has 1 aromatic carbocycles. The molecule has 1 fully saturated rings. The molecule has 0 aliphatic carbocycles. The maximum atomic E-state index is 13.4. The van der Waals surface area contributed by atoms with Gasteiger partial charge in [0.15, 0.2) is 0 Å². The highest BCUT2D eigenvalue weighted by Crippen LogP contribution is 2.21. The molecule has 2 rings (SSSR count). The summed E-state index contributed by atoms with van der Waals surface area (Å²) in [5, 5.41) is 3.07. The maximum Gasteiger partial charge on any atom is 0.236 e. The Bertz CT molecular complexity index is 534. The molecule has 1 N–H and O–H groups in total. The predicted molar refractivity (Wildman–Crippen MR) is 89.6 cm³/mol. The average molecular weight is 339 g/mol. The van der Waals surface area contributed by atoms with Crippen molar-refractivity contribution >= 4 is 5.91 Å². The first-order chi connectivity index (χ1) is 11.6. The summed E-state index contributed by atoms with van der Waals surface area (Å²) in [6, 6.07) is 4.56. The van der Waals surface area contributed by atoms with E-state index in [1.54, 1.807) is 20.3 Å². The van der Waals surface area contributed by atoms with E-state index in [0.29, 0.717) is 45.1 Å². The van der Waals surface area contributed by atoms with E-state index in [1.807, 2.05) is 4.90 Å². The standard InChI is InChI=1S/C17H26FN3O3/c1-23-10-5-19-12-17(22)21-8-6-20(7-9-21)13-14-11-15(18)3-4-16(14)24-2/h3-4,11,19H,5-10,12-13H2,1-2H3. The molecule has 0 bridgehead atoms. The van der Waals surface area contributed by atoms with Gasteiger partial charge in [0.25, 0.3) is 0 Å². The number of benzene rings is 1. The van der Waals surface area contributed by atoms with Crippen LogP contribution in [0.1, 0.15) is 5.56 Å². The first kappa shape index (κ1) is 18.6. The zero-order chi connectivity index (χ0) is 17.4. The highest BCUT2D eigenvalue weighted by Gasteiger charge is 2.21. The minimum atomic E-state index is -0.262. The van der Waals surface area contributed by atoms with Gasteiger partial charge in [-0.2, -0.15) is 0 Å². The summed E-state index contributed by atoms with van der Waals surface area (Å²) in [6.07, 6.45) is 0. The number of methoxy groups -OCH3 is 2. The third-order valence-corrected chi connectivity index (χ3v) is 4.12. The Morgan fingerprint density at radius 2 is 2.00 bits per heavy atom. The van der Waals surface area contributed by atoms with Gasteiger partial charge in [0.2, 0.25) is 5.91 Å². The van der Waals surface area contributed by atoms with Crippen LogP contribution >= 0.6 is 0 Å². The topological polar surface area (TPSA) is 54.0 Å². The summed E-state index contributed by atoms with van der Waals surface area (Å²) >= 11 is 0. The van der Waals surface area contributed by atoms with Crippen LogP contribution in [0.25, 0.3) is 0 Å². The number of piperazine rings is 1. The van der Waals surface area contributed by atoms with Crippen LogP contribution < -0.4 is 10.1 Å². The van der Waals surface area contributed by atoms with E-state index < -0.39 is 0 Å². The maximum absolute atomic E-state index is 13.4. The molecule has 1 aromatic rings. The zero-order valence-electron chi connectivity index (χ0n) is 14.4. The van der Waals surface area contributed by atoms with E-state index in [-0.39, 0.29) is 11.7 Å². The van der Waals surface area contributed by atoms with Crippen molar-refractivity contribution < 1.29 is 18.7 Å². The monoisotopic (exact) mass is 339 g/mol. The molecule has 134 valence electrons. The van der Waals surface area contributed by atoms with Crippen molar-refractivity contribution in [2.45, 2.75) is 6.54 Å². The van der Waals surface area contributed by atoms with E-state index >= 15 is 0 Å². The molecule has 1 amide bonds. The van der Waals surface area contributed by atoms with Crippen LogP contribution in [-0.4, -0.2) is 75.8 Å². The highest BCUT2D eigenvalue weighted by molar-refractivity contribution is 5.78. The Labute approximate surface area is 142 Å². The van der Waals surface area contributed by atoms with Crippen molar-refractivity contribution in [3.05, 3.63) is 29.6 Å². The Hall–Kier alpha value is -1.70. The quantitative estimate of drug-likeness (QED) is 0.707. The van der Waals surface area contributed by atoms with E-state index in [2.05, 4.69) is 10.2 Å². The number of carbonyl (C=O) groups is 1. The van der Waals surface area contributed by atoms with Crippen molar-refractivity contribution in [1.29, 1.82) is 0 Å². The second kappa shape index (κ2) is 9.56. The Balaban J connectivity index is 1.78. The highest BCUT2D eigenvalue weighted by atomic mass is 19.1. The summed E-state index contributed by atoms with van der Waals surface area (Å²) in [4.78, 5) is 16.2. The average Bonchev–Trinajstić information content (AvgIpc) is 2.59. The molecule has 1 saturated heterocycles. The van der Waals surface area contributed by atoms with Crippen molar-refractivity contribution in [2.24, 2.45) is 0 Å². The van der Waals surface area contributed by atoms with Crippen LogP contribution in [0.4, 0.5) is 4.39 Å².